The lowest BCUT2D eigenvalue weighted by Crippen LogP contribution is -2.25. The summed E-state index contributed by atoms with van der Waals surface area (Å²) in [6.45, 7) is 12.5. The molecule has 2 heterocycles. The number of aromatic nitrogens is 2. The summed E-state index contributed by atoms with van der Waals surface area (Å²) in [6.07, 6.45) is 5.27. The Balaban J connectivity index is 1.73. The average Bonchev–Trinajstić information content (AvgIpc) is 3.49. The maximum atomic E-state index is 13.7. The maximum absolute atomic E-state index is 13.7. The zero-order valence-corrected chi connectivity index (χ0v) is 22.8. The molecule has 6 nitrogen and oxygen atoms in total. The van der Waals surface area contributed by atoms with E-state index in [1.807, 2.05) is 48.5 Å². The minimum Gasteiger partial charge on any atom is -0.504 e. The van der Waals surface area contributed by atoms with E-state index >= 15 is 0 Å². The predicted octanol–water partition coefficient (Wildman–Crippen LogP) is 7.28. The lowest BCUT2D eigenvalue weighted by atomic mass is 9.86. The fraction of sp³-hybridized carbons (Fsp3) is 0.312. The molecule has 2 N–H and O–H groups in total. The molecule has 0 saturated heterocycles. The van der Waals surface area contributed by atoms with Crippen LogP contribution in [0.25, 0.3) is 33.0 Å². The fourth-order valence-electron chi connectivity index (χ4n) is 5.28. The highest BCUT2D eigenvalue weighted by Crippen LogP contribution is 2.41. The molecule has 0 atom stereocenters. The van der Waals surface area contributed by atoms with Crippen LogP contribution in [-0.4, -0.2) is 30.9 Å². The number of aliphatic hydroxyl groups is 2. The molecule has 0 amide bonds. The number of para-hydroxylation sites is 2. The largest absolute Gasteiger partial charge is 0.504 e. The Kier molecular flexibility index (Phi) is 5.90. The van der Waals surface area contributed by atoms with Crippen LogP contribution >= 0.6 is 0 Å². The minimum absolute atomic E-state index is 0.171. The molecule has 4 aromatic rings. The van der Waals surface area contributed by atoms with Crippen LogP contribution in [0.2, 0.25) is 0 Å². The quantitative estimate of drug-likeness (QED) is 0.267. The van der Waals surface area contributed by atoms with Gasteiger partial charge in [0.2, 0.25) is 11.6 Å². The molecule has 0 unspecified atom stereocenters. The molecule has 0 radical (unpaired) electrons. The molecule has 2 aromatic carbocycles. The number of rotatable bonds is 6. The van der Waals surface area contributed by atoms with Crippen LogP contribution in [0.3, 0.4) is 0 Å². The minimum atomic E-state index is -0.763. The number of ketones is 2. The van der Waals surface area contributed by atoms with Gasteiger partial charge in [0.15, 0.2) is 11.5 Å². The number of Topliss-reactive ketones (excluding diaryl/α,β-unsaturated/α-hetero) is 2. The first-order valence-corrected chi connectivity index (χ1v) is 13.1. The Morgan fingerprint density at radius 1 is 0.632 bits per heavy atom. The summed E-state index contributed by atoms with van der Waals surface area (Å²) in [5.74, 6) is -2.82. The van der Waals surface area contributed by atoms with Gasteiger partial charge in [-0.1, -0.05) is 50.2 Å². The molecule has 196 valence electrons. The van der Waals surface area contributed by atoms with Crippen LogP contribution in [0.5, 0.6) is 0 Å². The molecule has 38 heavy (non-hydrogen) atoms. The molecule has 0 fully saturated rings. The fourth-order valence-corrected chi connectivity index (χ4v) is 5.28. The topological polar surface area (TPSA) is 84.5 Å². The summed E-state index contributed by atoms with van der Waals surface area (Å²) in [5, 5.41) is 24.0. The second-order valence-electron chi connectivity index (χ2n) is 11.3. The number of aliphatic hydroxyl groups excluding tert-OH is 2. The van der Waals surface area contributed by atoms with E-state index in [9.17, 15) is 19.8 Å². The van der Waals surface area contributed by atoms with Gasteiger partial charge in [-0.15, -0.1) is 0 Å². The van der Waals surface area contributed by atoms with Crippen LogP contribution < -0.4 is 0 Å². The number of allylic oxidation sites excluding steroid dienone is 2. The van der Waals surface area contributed by atoms with Crippen molar-refractivity contribution >= 4 is 44.5 Å². The molecule has 0 bridgehead atoms. The Morgan fingerprint density at radius 2 is 0.974 bits per heavy atom. The third-order valence-electron chi connectivity index (χ3n) is 8.36. The van der Waals surface area contributed by atoms with Crippen molar-refractivity contribution in [3.05, 3.63) is 83.6 Å². The molecule has 6 heteroatoms. The van der Waals surface area contributed by atoms with E-state index in [0.29, 0.717) is 11.1 Å². The van der Waals surface area contributed by atoms with Gasteiger partial charge < -0.3 is 19.3 Å². The highest BCUT2D eigenvalue weighted by Gasteiger charge is 2.39. The van der Waals surface area contributed by atoms with Gasteiger partial charge in [0.25, 0.3) is 0 Å². The third kappa shape index (κ3) is 3.62. The zero-order valence-electron chi connectivity index (χ0n) is 22.8. The summed E-state index contributed by atoms with van der Waals surface area (Å²) in [4.78, 5) is 27.5. The molecular weight excluding hydrogens is 476 g/mol. The number of carbonyl (C=O) groups is 2. The third-order valence-corrected chi connectivity index (χ3v) is 8.36. The van der Waals surface area contributed by atoms with Gasteiger partial charge in [-0.25, -0.2) is 0 Å². The van der Waals surface area contributed by atoms with Crippen LogP contribution in [0.15, 0.2) is 72.4 Å². The van der Waals surface area contributed by atoms with Gasteiger partial charge in [-0.05, 0) is 52.7 Å². The lowest BCUT2D eigenvalue weighted by Gasteiger charge is -2.26. The van der Waals surface area contributed by atoms with Gasteiger partial charge in [-0.2, -0.15) is 0 Å². The molecule has 5 rings (SSSR count). The van der Waals surface area contributed by atoms with Crippen LogP contribution in [0, 0.1) is 0 Å². The summed E-state index contributed by atoms with van der Waals surface area (Å²) in [6, 6.07) is 15.2. The Labute approximate surface area is 222 Å². The number of hydrogen-bond donors (Lipinski definition) is 2. The highest BCUT2D eigenvalue weighted by molar-refractivity contribution is 6.48. The molecular formula is C32H34N2O4. The number of nitrogens with zero attached hydrogens (tertiary/aromatic N) is 2. The van der Waals surface area contributed by atoms with E-state index in [4.69, 9.17) is 0 Å². The van der Waals surface area contributed by atoms with Crippen molar-refractivity contribution in [2.45, 2.75) is 65.5 Å². The van der Waals surface area contributed by atoms with Gasteiger partial charge >= 0.3 is 0 Å². The van der Waals surface area contributed by atoms with Crippen molar-refractivity contribution in [3.8, 4) is 0 Å². The number of benzene rings is 2. The highest BCUT2D eigenvalue weighted by atomic mass is 16.3. The van der Waals surface area contributed by atoms with Gasteiger partial charge in [0.05, 0.1) is 11.1 Å². The van der Waals surface area contributed by atoms with Crippen LogP contribution in [0.1, 0.15) is 65.5 Å². The van der Waals surface area contributed by atoms with Gasteiger partial charge in [0.1, 0.15) is 0 Å². The average molecular weight is 511 g/mol. The molecule has 0 saturated carbocycles. The van der Waals surface area contributed by atoms with Crippen molar-refractivity contribution in [2.75, 3.05) is 0 Å². The molecule has 0 aliphatic heterocycles. The molecule has 1 aliphatic rings. The van der Waals surface area contributed by atoms with Gasteiger partial charge in [-0.3, -0.25) is 9.59 Å². The SMILES string of the molecule is CCC(C)(C)n1cc(C2=C(O)C(=O)C(c3cn(C(C)(C)CC)c4ccccc34)=C(O)C2=O)c2ccccc21. The lowest BCUT2D eigenvalue weighted by molar-refractivity contribution is -0.116. The maximum Gasteiger partial charge on any atom is 0.232 e. The predicted molar refractivity (Wildman–Crippen MR) is 152 cm³/mol. The second kappa shape index (κ2) is 8.76. The van der Waals surface area contributed by atoms with Crippen LogP contribution in [-0.2, 0) is 20.7 Å². The number of hydrogen-bond acceptors (Lipinski definition) is 4. The monoisotopic (exact) mass is 510 g/mol. The molecule has 1 aliphatic carbocycles. The molecule has 0 spiro atoms. The van der Waals surface area contributed by atoms with Crippen molar-refractivity contribution in [1.29, 1.82) is 0 Å². The first-order valence-electron chi connectivity index (χ1n) is 13.1. The van der Waals surface area contributed by atoms with E-state index in [1.54, 1.807) is 12.4 Å². The van der Waals surface area contributed by atoms with E-state index < -0.39 is 23.1 Å². The Morgan fingerprint density at radius 3 is 1.32 bits per heavy atom. The van der Waals surface area contributed by atoms with Crippen molar-refractivity contribution in [3.63, 3.8) is 0 Å². The number of fused-ring (bicyclic) bond motifs is 2. The summed E-state index contributed by atoms with van der Waals surface area (Å²) >= 11 is 0. The van der Waals surface area contributed by atoms with E-state index in [1.165, 1.54) is 0 Å². The van der Waals surface area contributed by atoms with E-state index in [2.05, 4.69) is 50.7 Å². The number of carbonyl (C=O) groups excluding carboxylic acids is 2. The smallest absolute Gasteiger partial charge is 0.232 e. The first kappa shape index (κ1) is 25.6. The molecule has 2 aromatic heterocycles. The van der Waals surface area contributed by atoms with E-state index in [-0.39, 0.29) is 22.2 Å². The van der Waals surface area contributed by atoms with Crippen molar-refractivity contribution < 1.29 is 19.8 Å². The summed E-state index contributed by atoms with van der Waals surface area (Å²) < 4.78 is 4.12. The second-order valence-corrected chi connectivity index (χ2v) is 11.3. The Bertz CT molecular complexity index is 1560. The normalized spacial score (nSPS) is 15.4. The summed E-state index contributed by atoms with van der Waals surface area (Å²) in [7, 11) is 0. The Hall–Kier alpha value is -4.06. The zero-order chi connectivity index (χ0) is 27.6. The van der Waals surface area contributed by atoms with E-state index in [0.717, 1.165) is 34.6 Å². The van der Waals surface area contributed by atoms with Crippen molar-refractivity contribution in [2.24, 2.45) is 0 Å². The summed E-state index contributed by atoms with van der Waals surface area (Å²) in [5.41, 5.74) is 1.74. The van der Waals surface area contributed by atoms with Crippen LogP contribution in [0.4, 0.5) is 0 Å². The first-order chi connectivity index (χ1) is 17.9. The standard InChI is InChI=1S/C32H34N2O4/c1-7-31(3,4)33-17-21(19-13-9-11-15-23(19)33)25-27(35)29(37)26(30(38)28(25)36)22-18-34(32(5,6)8-2)24-16-12-10-14-20(22)24/h9-18,35,38H,7-8H2,1-6H3. The van der Waals surface area contributed by atoms with Crippen molar-refractivity contribution in [1.82, 2.24) is 9.13 Å². The van der Waals surface area contributed by atoms with Gasteiger partial charge in [0, 0.05) is 56.4 Å².